The number of thioether (sulfide) groups is 1. The van der Waals surface area contributed by atoms with Crippen molar-refractivity contribution in [2.75, 3.05) is 4.90 Å². The third-order valence-corrected chi connectivity index (χ3v) is 5.83. The van der Waals surface area contributed by atoms with Crippen LogP contribution in [-0.4, -0.2) is 44.7 Å². The molecule has 1 fully saturated rings. The van der Waals surface area contributed by atoms with Crippen LogP contribution in [0.3, 0.4) is 0 Å². The van der Waals surface area contributed by atoms with Crippen molar-refractivity contribution in [3.05, 3.63) is 53.7 Å². The van der Waals surface area contributed by atoms with Crippen LogP contribution in [0.1, 0.15) is 22.3 Å². The minimum Gasteiger partial charge on any atom is -0.478 e. The molecule has 3 rings (SSSR count). The number of carbonyl (C=O) groups is 3. The first kappa shape index (κ1) is 22.1. The average Bonchev–Trinajstić information content (AvgIpc) is 2.95. The molecule has 0 bridgehead atoms. The van der Waals surface area contributed by atoms with Gasteiger partial charge in [0, 0.05) is 19.0 Å². The molecule has 1 aliphatic heterocycles. The summed E-state index contributed by atoms with van der Waals surface area (Å²) in [4.78, 5) is 41.3. The maximum absolute atomic E-state index is 13.4. The second-order valence-corrected chi connectivity index (χ2v) is 8.02. The van der Waals surface area contributed by atoms with Gasteiger partial charge in [0.05, 0.1) is 16.5 Å². The van der Waals surface area contributed by atoms with Crippen molar-refractivity contribution in [3.63, 3.8) is 0 Å². The molecule has 2 amide bonds. The third-order valence-electron chi connectivity index (χ3n) is 4.31. The Morgan fingerprint density at radius 1 is 1.30 bits per heavy atom. The molecule has 2 unspecified atom stereocenters. The standard InChI is InChI=1S/C19H14ClF3N2O4S/c20-18(21)19(22,23)9-10-3-5-11(6-4-10)25-14(26)8-13(16(25)27)30-15-12(17(28)29)2-1-7-24-15/h1-7,13,18H,8-9H2,(H,28,29). The zero-order valence-corrected chi connectivity index (χ0v) is 16.7. The highest BCUT2D eigenvalue weighted by molar-refractivity contribution is 8.00. The quantitative estimate of drug-likeness (QED) is 0.500. The van der Waals surface area contributed by atoms with Crippen LogP contribution in [0.5, 0.6) is 0 Å². The largest absolute Gasteiger partial charge is 0.478 e. The number of hydrogen-bond acceptors (Lipinski definition) is 5. The van der Waals surface area contributed by atoms with Crippen LogP contribution in [0.2, 0.25) is 0 Å². The zero-order valence-electron chi connectivity index (χ0n) is 15.1. The molecule has 1 N–H and O–H groups in total. The number of imide groups is 1. The van der Waals surface area contributed by atoms with Crippen molar-refractivity contribution in [2.24, 2.45) is 0 Å². The Hall–Kier alpha value is -2.59. The molecule has 6 nitrogen and oxygen atoms in total. The lowest BCUT2D eigenvalue weighted by Crippen LogP contribution is -2.31. The van der Waals surface area contributed by atoms with Gasteiger partial charge in [-0.15, -0.1) is 0 Å². The first-order chi connectivity index (χ1) is 14.1. The van der Waals surface area contributed by atoms with E-state index in [1.807, 2.05) is 0 Å². The molecule has 1 aliphatic rings. The molecule has 158 valence electrons. The molecule has 11 heteroatoms. The number of hydrogen-bond donors (Lipinski definition) is 1. The number of aromatic nitrogens is 1. The number of pyridine rings is 1. The van der Waals surface area contributed by atoms with E-state index in [9.17, 15) is 32.7 Å². The summed E-state index contributed by atoms with van der Waals surface area (Å²) in [6.45, 7) is 0. The van der Waals surface area contributed by atoms with E-state index in [-0.39, 0.29) is 28.3 Å². The fraction of sp³-hybridized carbons (Fsp3) is 0.263. The number of carboxylic acid groups (broad SMARTS) is 1. The van der Waals surface area contributed by atoms with E-state index in [1.165, 1.54) is 42.6 Å². The summed E-state index contributed by atoms with van der Waals surface area (Å²) in [5.41, 5.74) is -2.67. The number of alkyl halides is 4. The fourth-order valence-corrected chi connectivity index (χ4v) is 4.04. The number of carbonyl (C=O) groups excluding carboxylic acids is 2. The smallest absolute Gasteiger partial charge is 0.338 e. The van der Waals surface area contributed by atoms with E-state index in [4.69, 9.17) is 11.6 Å². The Balaban J connectivity index is 1.76. The predicted octanol–water partition coefficient (Wildman–Crippen LogP) is 3.92. The molecule has 30 heavy (non-hydrogen) atoms. The van der Waals surface area contributed by atoms with Gasteiger partial charge < -0.3 is 5.11 Å². The number of aromatic carboxylic acids is 1. The molecule has 1 saturated heterocycles. The molecule has 0 spiro atoms. The van der Waals surface area contributed by atoms with E-state index in [1.54, 1.807) is 0 Å². The van der Waals surface area contributed by atoms with Crippen molar-refractivity contribution < 1.29 is 32.7 Å². The van der Waals surface area contributed by atoms with Crippen LogP contribution in [0.4, 0.5) is 18.9 Å². The third kappa shape index (κ3) is 4.59. The minimum absolute atomic E-state index is 0.0802. The van der Waals surface area contributed by atoms with Crippen molar-refractivity contribution >= 4 is 46.8 Å². The van der Waals surface area contributed by atoms with Gasteiger partial charge >= 0.3 is 5.97 Å². The number of nitrogens with zero attached hydrogens (tertiary/aromatic N) is 2. The lowest BCUT2D eigenvalue weighted by atomic mass is 10.1. The van der Waals surface area contributed by atoms with Gasteiger partial charge in [-0.25, -0.2) is 27.8 Å². The molecule has 2 aromatic rings. The van der Waals surface area contributed by atoms with Gasteiger partial charge in [-0.2, -0.15) is 0 Å². The second-order valence-electron chi connectivity index (χ2n) is 6.44. The van der Waals surface area contributed by atoms with Crippen molar-refractivity contribution in [2.45, 2.75) is 34.7 Å². The van der Waals surface area contributed by atoms with Gasteiger partial charge in [0.15, 0.2) is 0 Å². The van der Waals surface area contributed by atoms with Gasteiger partial charge in [0.25, 0.3) is 5.92 Å². The molecule has 0 aliphatic carbocycles. The lowest BCUT2D eigenvalue weighted by Gasteiger charge is -2.18. The number of carboxylic acids is 1. The normalized spacial score (nSPS) is 18.0. The van der Waals surface area contributed by atoms with Crippen LogP contribution >= 0.6 is 23.4 Å². The van der Waals surface area contributed by atoms with E-state index in [0.717, 1.165) is 16.7 Å². The highest BCUT2D eigenvalue weighted by atomic mass is 35.5. The number of rotatable bonds is 7. The summed E-state index contributed by atoms with van der Waals surface area (Å²) < 4.78 is 39.6. The van der Waals surface area contributed by atoms with Crippen LogP contribution in [0, 0.1) is 0 Å². The number of benzene rings is 1. The summed E-state index contributed by atoms with van der Waals surface area (Å²) in [7, 11) is 0. The topological polar surface area (TPSA) is 87.6 Å². The fourth-order valence-electron chi connectivity index (χ4n) is 2.86. The molecule has 1 aromatic heterocycles. The predicted molar refractivity (Wildman–Crippen MR) is 104 cm³/mol. The molecular weight excluding hydrogens is 445 g/mol. The van der Waals surface area contributed by atoms with Crippen molar-refractivity contribution in [1.82, 2.24) is 4.98 Å². The maximum atomic E-state index is 13.4. The van der Waals surface area contributed by atoms with Crippen molar-refractivity contribution in [1.29, 1.82) is 0 Å². The molecule has 2 atom stereocenters. The minimum atomic E-state index is -3.76. The Morgan fingerprint density at radius 2 is 1.97 bits per heavy atom. The number of amides is 2. The summed E-state index contributed by atoms with van der Waals surface area (Å²) in [5, 5.41) is 8.46. The number of anilines is 1. The van der Waals surface area contributed by atoms with Gasteiger partial charge in [-0.3, -0.25) is 9.59 Å². The highest BCUT2D eigenvalue weighted by Gasteiger charge is 2.41. The molecule has 1 aromatic carbocycles. The molecule has 0 radical (unpaired) electrons. The maximum Gasteiger partial charge on any atom is 0.338 e. The first-order valence-electron chi connectivity index (χ1n) is 8.57. The molecule has 0 saturated carbocycles. The Kier molecular flexibility index (Phi) is 6.37. The monoisotopic (exact) mass is 458 g/mol. The van der Waals surface area contributed by atoms with Crippen LogP contribution in [-0.2, 0) is 16.0 Å². The number of halogens is 4. The van der Waals surface area contributed by atoms with E-state index >= 15 is 0 Å². The lowest BCUT2D eigenvalue weighted by molar-refractivity contribution is -0.121. The second kappa shape index (κ2) is 8.65. The van der Waals surface area contributed by atoms with Crippen LogP contribution in [0.25, 0.3) is 0 Å². The Bertz CT molecular complexity index is 988. The SMILES string of the molecule is O=C(O)c1cccnc1SC1CC(=O)N(c2ccc(CC(F)(F)C(F)Cl)cc2)C1=O. The van der Waals surface area contributed by atoms with Gasteiger partial charge in [0.2, 0.25) is 17.4 Å². The van der Waals surface area contributed by atoms with E-state index in [0.29, 0.717) is 0 Å². The summed E-state index contributed by atoms with van der Waals surface area (Å²) in [6, 6.07) is 7.91. The molecule has 2 heterocycles. The van der Waals surface area contributed by atoms with E-state index in [2.05, 4.69) is 4.98 Å². The van der Waals surface area contributed by atoms with Crippen molar-refractivity contribution in [3.8, 4) is 0 Å². The summed E-state index contributed by atoms with van der Waals surface area (Å²) >= 11 is 5.72. The molecular formula is C19H14ClF3N2O4S. The average molecular weight is 459 g/mol. The Morgan fingerprint density at radius 3 is 2.57 bits per heavy atom. The first-order valence-corrected chi connectivity index (χ1v) is 9.88. The highest BCUT2D eigenvalue weighted by Crippen LogP contribution is 2.35. The van der Waals surface area contributed by atoms with E-state index < -0.39 is 41.0 Å². The summed E-state index contributed by atoms with van der Waals surface area (Å²) in [6.07, 6.45) is 0.274. The summed E-state index contributed by atoms with van der Waals surface area (Å²) in [5.74, 6) is -6.06. The van der Waals surface area contributed by atoms with Gasteiger partial charge in [-0.05, 0) is 29.8 Å². The van der Waals surface area contributed by atoms with Gasteiger partial charge in [0.1, 0.15) is 5.03 Å². The van der Waals surface area contributed by atoms with Gasteiger partial charge in [-0.1, -0.05) is 35.5 Å². The van der Waals surface area contributed by atoms with Crippen LogP contribution in [0.15, 0.2) is 47.6 Å². The van der Waals surface area contributed by atoms with Crippen LogP contribution < -0.4 is 4.90 Å². The Labute approximate surface area is 178 Å². The zero-order chi connectivity index (χ0) is 22.1.